The molecular weight excluding hydrogens is 475 g/mol. The number of amides is 1. The van der Waals surface area contributed by atoms with Crippen LogP contribution >= 0.6 is 23.2 Å². The Bertz CT molecular complexity index is 935. The van der Waals surface area contributed by atoms with E-state index < -0.39 is 57.4 Å². The van der Waals surface area contributed by atoms with Gasteiger partial charge in [-0.15, -0.1) is 0 Å². The summed E-state index contributed by atoms with van der Waals surface area (Å²) < 4.78 is 107. The predicted molar refractivity (Wildman–Crippen MR) is 90.4 cm³/mol. The van der Waals surface area contributed by atoms with Gasteiger partial charge in [-0.3, -0.25) is 15.6 Å². The summed E-state index contributed by atoms with van der Waals surface area (Å²) in [6, 6.07) is 3.88. The monoisotopic (exact) mass is 482 g/mol. The summed E-state index contributed by atoms with van der Waals surface area (Å²) in [5.41, 5.74) is 2.70. The van der Waals surface area contributed by atoms with E-state index in [2.05, 4.69) is 10.2 Å². The minimum Gasteiger partial charge on any atom is -0.428 e. The van der Waals surface area contributed by atoms with E-state index in [1.165, 1.54) is 0 Å². The van der Waals surface area contributed by atoms with Crippen LogP contribution in [0, 0.1) is 11.6 Å². The van der Waals surface area contributed by atoms with E-state index in [9.17, 15) is 39.9 Å². The number of benzene rings is 2. The van der Waals surface area contributed by atoms with Crippen molar-refractivity contribution in [3.05, 3.63) is 57.6 Å². The van der Waals surface area contributed by atoms with E-state index in [1.807, 2.05) is 5.43 Å². The van der Waals surface area contributed by atoms with Crippen molar-refractivity contribution in [2.24, 2.45) is 0 Å². The third-order valence-electron chi connectivity index (χ3n) is 3.35. The van der Waals surface area contributed by atoms with Crippen molar-refractivity contribution in [3.8, 4) is 5.75 Å². The zero-order valence-electron chi connectivity index (χ0n) is 14.1. The molecule has 4 nitrogen and oxygen atoms in total. The molecule has 0 radical (unpaired) electrons. The van der Waals surface area contributed by atoms with Gasteiger partial charge < -0.3 is 4.74 Å². The van der Waals surface area contributed by atoms with E-state index >= 15 is 0 Å². The molecule has 1 atom stereocenters. The fourth-order valence-corrected chi connectivity index (χ4v) is 2.40. The lowest BCUT2D eigenvalue weighted by Gasteiger charge is -2.24. The Kier molecular flexibility index (Phi) is 6.92. The van der Waals surface area contributed by atoms with Gasteiger partial charge in [0.15, 0.2) is 0 Å². The number of hydrogen-bond acceptors (Lipinski definition) is 3. The number of anilines is 1. The van der Waals surface area contributed by atoms with Crippen molar-refractivity contribution in [1.82, 2.24) is 5.43 Å². The molecule has 14 heteroatoms. The highest BCUT2D eigenvalue weighted by atomic mass is 35.5. The third-order valence-corrected chi connectivity index (χ3v) is 3.96. The van der Waals surface area contributed by atoms with Crippen LogP contribution in [0.1, 0.15) is 10.4 Å². The van der Waals surface area contributed by atoms with Gasteiger partial charge in [0.05, 0.1) is 15.7 Å². The summed E-state index contributed by atoms with van der Waals surface area (Å²) in [4.78, 5) is 11.9. The molecule has 0 saturated heterocycles. The normalized spacial score (nSPS) is 13.0. The largest absolute Gasteiger partial charge is 0.439 e. The van der Waals surface area contributed by atoms with Gasteiger partial charge >= 0.3 is 12.3 Å². The smallest absolute Gasteiger partial charge is 0.428 e. The average Bonchev–Trinajstić information content (AvgIpc) is 2.61. The SMILES string of the molecule is O=C(NNc1cc(Cl)c(OC(F)(F)C(F)C(F)(F)F)cc1Cl)c1c(F)cccc1F. The topological polar surface area (TPSA) is 50.4 Å². The first-order valence-electron chi connectivity index (χ1n) is 7.51. The molecule has 2 aromatic rings. The first-order chi connectivity index (χ1) is 13.7. The summed E-state index contributed by atoms with van der Waals surface area (Å²) >= 11 is 11.3. The van der Waals surface area contributed by atoms with Crippen LogP contribution in [0.25, 0.3) is 0 Å². The molecule has 0 aliphatic rings. The van der Waals surface area contributed by atoms with Crippen molar-refractivity contribution in [2.45, 2.75) is 18.5 Å². The van der Waals surface area contributed by atoms with Crippen molar-refractivity contribution < 1.29 is 44.7 Å². The number of carbonyl (C=O) groups is 1. The minimum atomic E-state index is -5.91. The van der Waals surface area contributed by atoms with Crippen LogP contribution in [0.15, 0.2) is 30.3 Å². The lowest BCUT2D eigenvalue weighted by Crippen LogP contribution is -2.45. The van der Waals surface area contributed by atoms with Crippen LogP contribution in [0.5, 0.6) is 5.75 Å². The zero-order chi connectivity index (χ0) is 22.9. The fourth-order valence-electron chi connectivity index (χ4n) is 1.99. The summed E-state index contributed by atoms with van der Waals surface area (Å²) in [5.74, 6) is -4.75. The Morgan fingerprint density at radius 1 is 1.00 bits per heavy atom. The first kappa shape index (κ1) is 23.8. The van der Waals surface area contributed by atoms with Gasteiger partial charge in [0.1, 0.15) is 22.9 Å². The average molecular weight is 483 g/mol. The van der Waals surface area contributed by atoms with Gasteiger partial charge in [0.2, 0.25) is 0 Å². The molecule has 2 aromatic carbocycles. The third kappa shape index (κ3) is 5.36. The number of nitrogens with one attached hydrogen (secondary N) is 2. The maximum absolute atomic E-state index is 13.6. The molecule has 164 valence electrons. The van der Waals surface area contributed by atoms with E-state index in [0.29, 0.717) is 6.07 Å². The number of ether oxygens (including phenoxy) is 1. The number of carbonyl (C=O) groups excluding carboxylic acids is 1. The van der Waals surface area contributed by atoms with Gasteiger partial charge in [-0.05, 0) is 18.2 Å². The van der Waals surface area contributed by atoms with Crippen LogP contribution in [0.2, 0.25) is 10.0 Å². The Labute approximate surface area is 172 Å². The zero-order valence-corrected chi connectivity index (χ0v) is 15.6. The molecule has 0 fully saturated rings. The Morgan fingerprint density at radius 3 is 2.10 bits per heavy atom. The fraction of sp³-hybridized carbons (Fsp3) is 0.188. The second kappa shape index (κ2) is 8.72. The molecular formula is C16H8Cl2F8N2O2. The maximum atomic E-state index is 13.6. The number of alkyl halides is 6. The molecule has 30 heavy (non-hydrogen) atoms. The molecule has 0 bridgehead atoms. The van der Waals surface area contributed by atoms with Crippen LogP contribution in [-0.2, 0) is 0 Å². The lowest BCUT2D eigenvalue weighted by molar-refractivity contribution is -0.304. The van der Waals surface area contributed by atoms with E-state index in [0.717, 1.165) is 24.3 Å². The summed E-state index contributed by atoms with van der Waals surface area (Å²) in [6.45, 7) is 0. The van der Waals surface area contributed by atoms with Crippen molar-refractivity contribution >= 4 is 34.8 Å². The number of rotatable bonds is 6. The summed E-state index contributed by atoms with van der Waals surface area (Å²) in [5, 5.41) is -1.27. The quantitative estimate of drug-likeness (QED) is 0.398. The van der Waals surface area contributed by atoms with Gasteiger partial charge in [0.25, 0.3) is 12.1 Å². The molecule has 2 N–H and O–H groups in total. The second-order valence-electron chi connectivity index (χ2n) is 5.51. The second-order valence-corrected chi connectivity index (χ2v) is 6.32. The highest BCUT2D eigenvalue weighted by molar-refractivity contribution is 6.36. The van der Waals surface area contributed by atoms with Crippen molar-refractivity contribution in [2.75, 3.05) is 5.43 Å². The Hall–Kier alpha value is -2.47. The molecule has 1 unspecified atom stereocenters. The van der Waals surface area contributed by atoms with Gasteiger partial charge in [0, 0.05) is 6.07 Å². The molecule has 2 rings (SSSR count). The highest BCUT2D eigenvalue weighted by Gasteiger charge is 2.59. The molecule has 1 amide bonds. The maximum Gasteiger partial charge on any atom is 0.439 e. The Morgan fingerprint density at radius 2 is 1.57 bits per heavy atom. The van der Waals surface area contributed by atoms with Crippen LogP contribution < -0.4 is 15.6 Å². The van der Waals surface area contributed by atoms with E-state index in [-0.39, 0.29) is 5.69 Å². The molecule has 0 aliphatic heterocycles. The first-order valence-corrected chi connectivity index (χ1v) is 8.26. The molecule has 0 heterocycles. The van der Waals surface area contributed by atoms with Crippen LogP contribution in [-0.4, -0.2) is 24.4 Å². The summed E-state index contributed by atoms with van der Waals surface area (Å²) in [6.07, 6.45) is -15.9. The van der Waals surface area contributed by atoms with Crippen LogP contribution in [0.3, 0.4) is 0 Å². The minimum absolute atomic E-state index is 0.310. The summed E-state index contributed by atoms with van der Waals surface area (Å²) in [7, 11) is 0. The highest BCUT2D eigenvalue weighted by Crippen LogP contribution is 2.41. The van der Waals surface area contributed by atoms with Crippen molar-refractivity contribution in [1.29, 1.82) is 0 Å². The Balaban J connectivity index is 2.18. The number of hydrogen-bond donors (Lipinski definition) is 2. The van der Waals surface area contributed by atoms with Gasteiger partial charge in [-0.25, -0.2) is 13.2 Å². The molecule has 0 spiro atoms. The van der Waals surface area contributed by atoms with Gasteiger partial charge in [-0.1, -0.05) is 29.3 Å². The number of hydrazine groups is 1. The molecule has 0 aliphatic carbocycles. The van der Waals surface area contributed by atoms with Crippen molar-refractivity contribution in [3.63, 3.8) is 0 Å². The van der Waals surface area contributed by atoms with E-state index in [1.54, 1.807) is 0 Å². The van der Waals surface area contributed by atoms with Gasteiger partial charge in [-0.2, -0.15) is 22.0 Å². The predicted octanol–water partition coefficient (Wildman–Crippen LogP) is 5.90. The van der Waals surface area contributed by atoms with Crippen LogP contribution in [0.4, 0.5) is 40.8 Å². The number of halogens is 10. The molecule has 0 aromatic heterocycles. The lowest BCUT2D eigenvalue weighted by atomic mass is 10.2. The van der Waals surface area contributed by atoms with E-state index in [4.69, 9.17) is 23.2 Å². The standard InChI is InChI=1S/C16H8Cl2F8N2O2/c17-6-5-11(30-16(25,26)14(21)15(22,23)24)7(18)4-10(6)27-28-13(29)12-8(19)2-1-3-9(12)20/h1-5,14,27H,(H,28,29). The molecule has 0 saturated carbocycles.